The van der Waals surface area contributed by atoms with Crippen LogP contribution in [-0.4, -0.2) is 20.9 Å². The van der Waals surface area contributed by atoms with E-state index >= 15 is 0 Å². The van der Waals surface area contributed by atoms with Crippen LogP contribution in [0.1, 0.15) is 35.7 Å². The van der Waals surface area contributed by atoms with E-state index in [2.05, 4.69) is 10.0 Å². The normalized spacial score (nSPS) is 11.2. The molecule has 1 amide bonds. The Labute approximate surface area is 143 Å². The van der Waals surface area contributed by atoms with Crippen molar-refractivity contribution in [1.82, 2.24) is 4.72 Å². The predicted molar refractivity (Wildman–Crippen MR) is 95.7 cm³/mol. The molecule has 6 heteroatoms. The van der Waals surface area contributed by atoms with Gasteiger partial charge >= 0.3 is 0 Å². The smallest absolute Gasteiger partial charge is 0.255 e. The van der Waals surface area contributed by atoms with Crippen LogP contribution in [-0.2, 0) is 10.0 Å². The van der Waals surface area contributed by atoms with Crippen LogP contribution < -0.4 is 10.0 Å². The summed E-state index contributed by atoms with van der Waals surface area (Å²) in [6.07, 6.45) is 1.71. The highest BCUT2D eigenvalue weighted by molar-refractivity contribution is 7.89. The second-order valence-electron chi connectivity index (χ2n) is 5.60. The lowest BCUT2D eigenvalue weighted by Gasteiger charge is -2.08. The largest absolute Gasteiger partial charge is 0.322 e. The SMILES string of the molecule is CCCCNS(=O)(=O)c1ccc(C(=O)Nc2cccc(C)c2)cc1. The number of hydrogen-bond donors (Lipinski definition) is 2. The Morgan fingerprint density at radius 3 is 2.42 bits per heavy atom. The topological polar surface area (TPSA) is 75.3 Å². The highest BCUT2D eigenvalue weighted by atomic mass is 32.2. The van der Waals surface area contributed by atoms with Gasteiger partial charge < -0.3 is 5.32 Å². The summed E-state index contributed by atoms with van der Waals surface area (Å²) in [6, 6.07) is 13.4. The van der Waals surface area contributed by atoms with E-state index in [1.165, 1.54) is 24.3 Å². The van der Waals surface area contributed by atoms with E-state index in [9.17, 15) is 13.2 Å². The number of unbranched alkanes of at least 4 members (excludes halogenated alkanes) is 1. The molecule has 24 heavy (non-hydrogen) atoms. The molecule has 0 saturated heterocycles. The van der Waals surface area contributed by atoms with Crippen LogP contribution >= 0.6 is 0 Å². The average Bonchev–Trinajstić information content (AvgIpc) is 2.55. The third-order valence-corrected chi connectivity index (χ3v) is 5.00. The molecule has 5 nitrogen and oxygen atoms in total. The van der Waals surface area contributed by atoms with Crippen LogP contribution in [0.5, 0.6) is 0 Å². The van der Waals surface area contributed by atoms with Crippen molar-refractivity contribution in [3.05, 3.63) is 59.7 Å². The first-order valence-electron chi connectivity index (χ1n) is 7.90. The molecule has 0 saturated carbocycles. The van der Waals surface area contributed by atoms with E-state index in [4.69, 9.17) is 0 Å². The summed E-state index contributed by atoms with van der Waals surface area (Å²) in [5.41, 5.74) is 2.16. The Hall–Kier alpha value is -2.18. The molecule has 0 fully saturated rings. The first kappa shape index (κ1) is 18.2. The number of carbonyl (C=O) groups excluding carboxylic acids is 1. The summed E-state index contributed by atoms with van der Waals surface area (Å²) in [5, 5.41) is 2.80. The molecule has 2 N–H and O–H groups in total. The second-order valence-corrected chi connectivity index (χ2v) is 7.37. The summed E-state index contributed by atoms with van der Waals surface area (Å²) >= 11 is 0. The third-order valence-electron chi connectivity index (χ3n) is 3.53. The maximum Gasteiger partial charge on any atom is 0.255 e. The van der Waals surface area contributed by atoms with Crippen LogP contribution in [0, 0.1) is 6.92 Å². The maximum atomic E-state index is 12.2. The quantitative estimate of drug-likeness (QED) is 0.755. The molecule has 0 bridgehead atoms. The summed E-state index contributed by atoms with van der Waals surface area (Å²) in [5.74, 6) is -0.275. The van der Waals surface area contributed by atoms with E-state index in [0.29, 0.717) is 17.8 Å². The van der Waals surface area contributed by atoms with E-state index in [-0.39, 0.29) is 10.8 Å². The molecule has 128 valence electrons. The van der Waals surface area contributed by atoms with Crippen molar-refractivity contribution in [3.8, 4) is 0 Å². The summed E-state index contributed by atoms with van der Waals surface area (Å²) in [6.45, 7) is 4.35. The molecule has 2 aromatic rings. The lowest BCUT2D eigenvalue weighted by Crippen LogP contribution is -2.24. The van der Waals surface area contributed by atoms with Gasteiger partial charge in [-0.3, -0.25) is 4.79 Å². The van der Waals surface area contributed by atoms with E-state index in [0.717, 1.165) is 18.4 Å². The molecular formula is C18H22N2O3S. The highest BCUT2D eigenvalue weighted by Crippen LogP contribution is 2.14. The van der Waals surface area contributed by atoms with Gasteiger partial charge in [-0.25, -0.2) is 13.1 Å². The number of anilines is 1. The first-order chi connectivity index (χ1) is 11.4. The second kappa shape index (κ2) is 8.08. The fourth-order valence-corrected chi connectivity index (χ4v) is 3.25. The zero-order valence-electron chi connectivity index (χ0n) is 13.9. The highest BCUT2D eigenvalue weighted by Gasteiger charge is 2.14. The number of hydrogen-bond acceptors (Lipinski definition) is 3. The van der Waals surface area contributed by atoms with E-state index in [1.807, 2.05) is 32.0 Å². The minimum absolute atomic E-state index is 0.158. The van der Waals surface area contributed by atoms with Gasteiger partial charge in [0.25, 0.3) is 5.91 Å². The third kappa shape index (κ3) is 4.91. The molecule has 2 rings (SSSR count). The number of rotatable bonds is 7. The minimum Gasteiger partial charge on any atom is -0.322 e. The summed E-state index contributed by atoms with van der Waals surface area (Å²) < 4.78 is 26.8. The van der Waals surface area contributed by atoms with Crippen LogP contribution in [0.25, 0.3) is 0 Å². The molecule has 0 heterocycles. The molecule has 0 aliphatic rings. The lowest BCUT2D eigenvalue weighted by molar-refractivity contribution is 0.102. The number of carbonyl (C=O) groups is 1. The van der Waals surface area contributed by atoms with Crippen molar-refractivity contribution in [2.45, 2.75) is 31.6 Å². The van der Waals surface area contributed by atoms with Gasteiger partial charge in [-0.2, -0.15) is 0 Å². The molecule has 0 atom stereocenters. The zero-order valence-corrected chi connectivity index (χ0v) is 14.7. The Balaban J connectivity index is 2.07. The Kier molecular flexibility index (Phi) is 6.11. The number of nitrogens with one attached hydrogen (secondary N) is 2. The van der Waals surface area contributed by atoms with Crippen LogP contribution in [0.2, 0.25) is 0 Å². The van der Waals surface area contributed by atoms with Gasteiger partial charge in [0.1, 0.15) is 0 Å². The number of sulfonamides is 1. The Morgan fingerprint density at radius 2 is 1.79 bits per heavy atom. The molecule has 2 aromatic carbocycles. The fourth-order valence-electron chi connectivity index (χ4n) is 2.18. The van der Waals surface area contributed by atoms with Crippen molar-refractivity contribution in [1.29, 1.82) is 0 Å². The Morgan fingerprint density at radius 1 is 1.08 bits per heavy atom. The van der Waals surface area contributed by atoms with Crippen molar-refractivity contribution in [2.75, 3.05) is 11.9 Å². The van der Waals surface area contributed by atoms with Crippen molar-refractivity contribution in [2.24, 2.45) is 0 Å². The molecular weight excluding hydrogens is 324 g/mol. The van der Waals surface area contributed by atoms with Gasteiger partial charge in [0, 0.05) is 17.8 Å². The first-order valence-corrected chi connectivity index (χ1v) is 9.38. The summed E-state index contributed by atoms with van der Waals surface area (Å²) in [7, 11) is -3.52. The maximum absolute atomic E-state index is 12.2. The lowest BCUT2D eigenvalue weighted by atomic mass is 10.2. The van der Waals surface area contributed by atoms with E-state index in [1.54, 1.807) is 6.07 Å². The average molecular weight is 346 g/mol. The van der Waals surface area contributed by atoms with Crippen molar-refractivity contribution in [3.63, 3.8) is 0 Å². The van der Waals surface area contributed by atoms with Crippen LogP contribution in [0.15, 0.2) is 53.4 Å². The standard InChI is InChI=1S/C18H22N2O3S/c1-3-4-12-19-24(22,23)17-10-8-15(9-11-17)18(21)20-16-7-5-6-14(2)13-16/h5-11,13,19H,3-4,12H2,1-2H3,(H,20,21). The van der Waals surface area contributed by atoms with Gasteiger partial charge in [0.05, 0.1) is 4.90 Å². The molecule has 0 spiro atoms. The number of benzene rings is 2. The Bertz CT molecular complexity index is 799. The van der Waals surface area contributed by atoms with Crippen molar-refractivity contribution < 1.29 is 13.2 Å². The monoisotopic (exact) mass is 346 g/mol. The van der Waals surface area contributed by atoms with Gasteiger partial charge in [0.15, 0.2) is 0 Å². The van der Waals surface area contributed by atoms with E-state index < -0.39 is 10.0 Å². The van der Waals surface area contributed by atoms with Gasteiger partial charge in [-0.05, 0) is 55.3 Å². The zero-order chi connectivity index (χ0) is 17.6. The fraction of sp³-hybridized carbons (Fsp3) is 0.278. The summed E-state index contributed by atoms with van der Waals surface area (Å²) in [4.78, 5) is 12.4. The minimum atomic E-state index is -3.52. The van der Waals surface area contributed by atoms with Gasteiger partial charge in [-0.15, -0.1) is 0 Å². The molecule has 0 aliphatic heterocycles. The predicted octanol–water partition coefficient (Wildman–Crippen LogP) is 3.33. The molecule has 0 aliphatic carbocycles. The van der Waals surface area contributed by atoms with Gasteiger partial charge in [-0.1, -0.05) is 25.5 Å². The molecule has 0 aromatic heterocycles. The molecule has 0 unspecified atom stereocenters. The van der Waals surface area contributed by atoms with Gasteiger partial charge in [0.2, 0.25) is 10.0 Å². The number of aryl methyl sites for hydroxylation is 1. The molecule has 0 radical (unpaired) electrons. The van der Waals surface area contributed by atoms with Crippen LogP contribution in [0.3, 0.4) is 0 Å². The number of amides is 1. The van der Waals surface area contributed by atoms with Crippen molar-refractivity contribution >= 4 is 21.6 Å². The van der Waals surface area contributed by atoms with Crippen LogP contribution in [0.4, 0.5) is 5.69 Å².